The number of amides is 1. The van der Waals surface area contributed by atoms with Crippen LogP contribution in [0.15, 0.2) is 44.7 Å². The number of nitrogens with one attached hydrogen (secondary N) is 1. The molecule has 0 spiro atoms. The van der Waals surface area contributed by atoms with Crippen LogP contribution < -0.4 is 5.32 Å². The Hall–Kier alpha value is -1.66. The number of carbonyl (C=O) groups is 1. The second kappa shape index (κ2) is 4.55. The van der Waals surface area contributed by atoms with E-state index in [1.165, 1.54) is 11.3 Å². The van der Waals surface area contributed by atoms with Gasteiger partial charge < -0.3 is 9.84 Å². The van der Waals surface area contributed by atoms with Crippen LogP contribution in [-0.4, -0.2) is 11.1 Å². The molecule has 3 aromatic rings. The standard InChI is InChI=1S/C12H7BrN2O2S/c13-7-3-4-8-9(6-7)17-15-11(8)12(16)14-10-2-1-5-18-10/h1-6H,(H,14,16). The normalized spacial score (nSPS) is 10.7. The van der Waals surface area contributed by atoms with Crippen LogP contribution in [0.5, 0.6) is 0 Å². The molecule has 0 aliphatic rings. The number of anilines is 1. The van der Waals surface area contributed by atoms with Crippen LogP contribution in [0.2, 0.25) is 0 Å². The fourth-order valence-electron chi connectivity index (χ4n) is 1.60. The van der Waals surface area contributed by atoms with Crippen molar-refractivity contribution in [2.24, 2.45) is 0 Å². The summed E-state index contributed by atoms with van der Waals surface area (Å²) in [6.07, 6.45) is 0. The summed E-state index contributed by atoms with van der Waals surface area (Å²) >= 11 is 4.80. The summed E-state index contributed by atoms with van der Waals surface area (Å²) in [5, 5.41) is 9.97. The van der Waals surface area contributed by atoms with Crippen LogP contribution in [0.4, 0.5) is 5.00 Å². The zero-order valence-electron chi connectivity index (χ0n) is 9.01. The maximum absolute atomic E-state index is 12.0. The smallest absolute Gasteiger partial charge is 0.279 e. The van der Waals surface area contributed by atoms with E-state index in [4.69, 9.17) is 4.52 Å². The zero-order valence-corrected chi connectivity index (χ0v) is 11.4. The highest BCUT2D eigenvalue weighted by Gasteiger charge is 2.16. The Morgan fingerprint density at radius 1 is 1.39 bits per heavy atom. The number of fused-ring (bicyclic) bond motifs is 1. The van der Waals surface area contributed by atoms with Gasteiger partial charge in [-0.25, -0.2) is 0 Å². The van der Waals surface area contributed by atoms with Gasteiger partial charge in [-0.05, 0) is 35.7 Å². The van der Waals surface area contributed by atoms with E-state index in [-0.39, 0.29) is 5.91 Å². The molecule has 0 aliphatic heterocycles. The molecular formula is C12H7BrN2O2S. The van der Waals surface area contributed by atoms with E-state index in [0.717, 1.165) is 9.47 Å². The predicted molar refractivity (Wildman–Crippen MR) is 74.0 cm³/mol. The van der Waals surface area contributed by atoms with Crippen molar-refractivity contribution < 1.29 is 9.32 Å². The lowest BCUT2D eigenvalue weighted by atomic mass is 10.2. The summed E-state index contributed by atoms with van der Waals surface area (Å²) in [4.78, 5) is 12.0. The molecule has 6 heteroatoms. The van der Waals surface area contributed by atoms with Crippen molar-refractivity contribution in [3.63, 3.8) is 0 Å². The molecule has 1 aromatic carbocycles. The number of rotatable bonds is 2. The van der Waals surface area contributed by atoms with E-state index in [1.807, 2.05) is 23.6 Å². The molecule has 0 bridgehead atoms. The summed E-state index contributed by atoms with van der Waals surface area (Å²) in [5.74, 6) is -0.265. The first-order valence-electron chi connectivity index (χ1n) is 5.14. The topological polar surface area (TPSA) is 55.1 Å². The first-order chi connectivity index (χ1) is 8.74. The Labute approximate surface area is 115 Å². The van der Waals surface area contributed by atoms with Crippen LogP contribution >= 0.6 is 27.3 Å². The molecule has 1 N–H and O–H groups in total. The fourth-order valence-corrected chi connectivity index (χ4v) is 2.55. The Bertz CT molecular complexity index is 706. The van der Waals surface area contributed by atoms with E-state index in [2.05, 4.69) is 26.4 Å². The number of nitrogens with zero attached hydrogens (tertiary/aromatic N) is 1. The minimum absolute atomic E-state index is 0.265. The molecule has 90 valence electrons. The van der Waals surface area contributed by atoms with Gasteiger partial charge in [-0.1, -0.05) is 21.1 Å². The summed E-state index contributed by atoms with van der Waals surface area (Å²) in [7, 11) is 0. The number of hydrogen-bond donors (Lipinski definition) is 1. The molecule has 0 saturated heterocycles. The van der Waals surface area contributed by atoms with Crippen LogP contribution in [0.1, 0.15) is 10.5 Å². The van der Waals surface area contributed by atoms with Gasteiger partial charge in [-0.15, -0.1) is 11.3 Å². The molecule has 18 heavy (non-hydrogen) atoms. The minimum atomic E-state index is -0.265. The van der Waals surface area contributed by atoms with Gasteiger partial charge in [0.1, 0.15) is 0 Å². The SMILES string of the molecule is O=C(Nc1cccs1)c1noc2cc(Br)ccc12. The van der Waals surface area contributed by atoms with Crippen molar-refractivity contribution in [3.8, 4) is 0 Å². The number of aromatic nitrogens is 1. The molecule has 0 atom stereocenters. The van der Waals surface area contributed by atoms with Gasteiger partial charge in [0, 0.05) is 4.47 Å². The lowest BCUT2D eigenvalue weighted by Crippen LogP contribution is -2.11. The monoisotopic (exact) mass is 322 g/mol. The van der Waals surface area contributed by atoms with Gasteiger partial charge >= 0.3 is 0 Å². The molecule has 1 amide bonds. The molecule has 0 fully saturated rings. The van der Waals surface area contributed by atoms with E-state index in [0.29, 0.717) is 16.7 Å². The van der Waals surface area contributed by atoms with Gasteiger partial charge in [0.15, 0.2) is 11.3 Å². The fraction of sp³-hybridized carbons (Fsp3) is 0. The maximum atomic E-state index is 12.0. The number of carbonyl (C=O) groups excluding carboxylic acids is 1. The molecule has 0 saturated carbocycles. The van der Waals surface area contributed by atoms with E-state index in [9.17, 15) is 4.79 Å². The molecule has 0 unspecified atom stereocenters. The van der Waals surface area contributed by atoms with E-state index < -0.39 is 0 Å². The Kier molecular flexibility index (Phi) is 2.89. The number of hydrogen-bond acceptors (Lipinski definition) is 4. The summed E-state index contributed by atoms with van der Waals surface area (Å²) in [6.45, 7) is 0. The largest absolute Gasteiger partial charge is 0.355 e. The Balaban J connectivity index is 1.97. The zero-order chi connectivity index (χ0) is 12.5. The molecular weight excluding hydrogens is 316 g/mol. The van der Waals surface area contributed by atoms with Crippen molar-refractivity contribution >= 4 is 49.1 Å². The number of halogens is 1. The van der Waals surface area contributed by atoms with Gasteiger partial charge in [0.05, 0.1) is 10.4 Å². The van der Waals surface area contributed by atoms with Crippen molar-refractivity contribution in [3.05, 3.63) is 45.9 Å². The van der Waals surface area contributed by atoms with Crippen LogP contribution in [0, 0.1) is 0 Å². The summed E-state index contributed by atoms with van der Waals surface area (Å²) < 4.78 is 6.02. The lowest BCUT2D eigenvalue weighted by Gasteiger charge is -1.98. The first-order valence-corrected chi connectivity index (χ1v) is 6.81. The van der Waals surface area contributed by atoms with Crippen molar-refractivity contribution in [1.82, 2.24) is 5.16 Å². The van der Waals surface area contributed by atoms with Gasteiger partial charge in [0.2, 0.25) is 0 Å². The molecule has 2 heterocycles. The molecule has 0 radical (unpaired) electrons. The highest BCUT2D eigenvalue weighted by molar-refractivity contribution is 9.10. The average molecular weight is 323 g/mol. The first kappa shape index (κ1) is 11.4. The summed E-state index contributed by atoms with van der Waals surface area (Å²) in [6, 6.07) is 9.14. The Morgan fingerprint density at radius 3 is 3.06 bits per heavy atom. The number of benzene rings is 1. The van der Waals surface area contributed by atoms with Crippen LogP contribution in [-0.2, 0) is 0 Å². The van der Waals surface area contributed by atoms with E-state index in [1.54, 1.807) is 12.1 Å². The van der Waals surface area contributed by atoms with E-state index >= 15 is 0 Å². The lowest BCUT2D eigenvalue weighted by molar-refractivity contribution is 0.102. The van der Waals surface area contributed by atoms with Crippen molar-refractivity contribution in [2.45, 2.75) is 0 Å². The van der Waals surface area contributed by atoms with Gasteiger partial charge in [-0.2, -0.15) is 0 Å². The van der Waals surface area contributed by atoms with Crippen molar-refractivity contribution in [2.75, 3.05) is 5.32 Å². The second-order valence-corrected chi connectivity index (χ2v) is 5.47. The van der Waals surface area contributed by atoms with Crippen molar-refractivity contribution in [1.29, 1.82) is 0 Å². The third-order valence-electron chi connectivity index (χ3n) is 2.41. The van der Waals surface area contributed by atoms with Gasteiger partial charge in [0.25, 0.3) is 5.91 Å². The maximum Gasteiger partial charge on any atom is 0.279 e. The van der Waals surface area contributed by atoms with Crippen LogP contribution in [0.3, 0.4) is 0 Å². The quantitative estimate of drug-likeness (QED) is 0.778. The molecule has 3 rings (SSSR count). The third-order valence-corrected chi connectivity index (χ3v) is 3.69. The van der Waals surface area contributed by atoms with Crippen LogP contribution in [0.25, 0.3) is 11.0 Å². The predicted octanol–water partition coefficient (Wildman–Crippen LogP) is 3.90. The highest BCUT2D eigenvalue weighted by Crippen LogP contribution is 2.24. The second-order valence-electron chi connectivity index (χ2n) is 3.60. The molecule has 0 aliphatic carbocycles. The summed E-state index contributed by atoms with van der Waals surface area (Å²) in [5.41, 5.74) is 0.881. The Morgan fingerprint density at radius 2 is 2.28 bits per heavy atom. The average Bonchev–Trinajstić information content (AvgIpc) is 2.97. The third kappa shape index (κ3) is 2.04. The highest BCUT2D eigenvalue weighted by atomic mass is 79.9. The molecule has 4 nitrogen and oxygen atoms in total. The van der Waals surface area contributed by atoms with Gasteiger partial charge in [-0.3, -0.25) is 4.79 Å². The molecule has 2 aromatic heterocycles. The number of thiophene rings is 1. The minimum Gasteiger partial charge on any atom is -0.355 e.